The number of pyridine rings is 1. The fourth-order valence-corrected chi connectivity index (χ4v) is 2.33. The molecule has 2 heterocycles. The summed E-state index contributed by atoms with van der Waals surface area (Å²) in [6, 6.07) is 1.91. The Kier molecular flexibility index (Phi) is 3.45. The molecule has 0 unspecified atom stereocenters. The van der Waals surface area contributed by atoms with Gasteiger partial charge in [-0.15, -0.1) is 0 Å². The molecule has 0 amide bonds. The van der Waals surface area contributed by atoms with E-state index in [1.807, 2.05) is 33.8 Å². The van der Waals surface area contributed by atoms with Crippen LogP contribution >= 0.6 is 31.9 Å². The van der Waals surface area contributed by atoms with E-state index in [0.29, 0.717) is 0 Å². The van der Waals surface area contributed by atoms with Gasteiger partial charge < -0.3 is 9.31 Å². The number of halogens is 2. The van der Waals surface area contributed by atoms with Crippen LogP contribution in [-0.2, 0) is 9.31 Å². The highest BCUT2D eigenvalue weighted by atomic mass is 79.9. The molecule has 0 saturated carbocycles. The Balaban J connectivity index is 2.35. The summed E-state index contributed by atoms with van der Waals surface area (Å²) in [7, 11) is -0.367. The molecule has 0 N–H and O–H groups in total. The summed E-state index contributed by atoms with van der Waals surface area (Å²) in [4.78, 5) is 4.14. The van der Waals surface area contributed by atoms with Crippen molar-refractivity contribution in [3.63, 3.8) is 0 Å². The zero-order valence-corrected chi connectivity index (χ0v) is 13.4. The molecule has 0 spiro atoms. The third kappa shape index (κ3) is 2.45. The first-order valence-electron chi connectivity index (χ1n) is 5.39. The summed E-state index contributed by atoms with van der Waals surface area (Å²) in [6.45, 7) is 8.16. The summed E-state index contributed by atoms with van der Waals surface area (Å²) in [5.74, 6) is 0. The van der Waals surface area contributed by atoms with Crippen molar-refractivity contribution >= 4 is 44.4 Å². The Hall–Kier alpha value is 0.0949. The van der Waals surface area contributed by atoms with Gasteiger partial charge in [-0.2, -0.15) is 0 Å². The van der Waals surface area contributed by atoms with E-state index in [1.165, 1.54) is 0 Å². The molecule has 6 heteroatoms. The Bertz CT molecular complexity index is 435. The molecule has 2 rings (SSSR count). The highest BCUT2D eigenvalue weighted by Gasteiger charge is 2.52. The summed E-state index contributed by atoms with van der Waals surface area (Å²) in [5.41, 5.74) is 0.296. The maximum Gasteiger partial charge on any atom is 0.496 e. The van der Waals surface area contributed by atoms with Crippen LogP contribution < -0.4 is 5.46 Å². The molecule has 92 valence electrons. The van der Waals surface area contributed by atoms with Crippen molar-refractivity contribution in [1.29, 1.82) is 0 Å². The van der Waals surface area contributed by atoms with Crippen molar-refractivity contribution in [3.05, 3.63) is 21.3 Å². The summed E-state index contributed by atoms with van der Waals surface area (Å²) < 4.78 is 13.6. The topological polar surface area (TPSA) is 31.4 Å². The zero-order chi connectivity index (χ0) is 12.8. The predicted molar refractivity (Wildman–Crippen MR) is 75.4 cm³/mol. The fraction of sp³-hybridized carbons (Fsp3) is 0.545. The van der Waals surface area contributed by atoms with E-state index in [4.69, 9.17) is 9.31 Å². The van der Waals surface area contributed by atoms with Gasteiger partial charge in [0, 0.05) is 16.1 Å². The molecule has 0 aliphatic carbocycles. The molecule has 3 nitrogen and oxygen atoms in total. The molecule has 1 fully saturated rings. The molecule has 1 aliphatic rings. The van der Waals surface area contributed by atoms with Gasteiger partial charge in [0.25, 0.3) is 0 Å². The third-order valence-electron chi connectivity index (χ3n) is 3.36. The zero-order valence-electron chi connectivity index (χ0n) is 10.3. The van der Waals surface area contributed by atoms with Crippen molar-refractivity contribution < 1.29 is 9.31 Å². The largest absolute Gasteiger partial charge is 0.496 e. The predicted octanol–water partition coefficient (Wildman–Crippen LogP) is 2.91. The monoisotopic (exact) mass is 361 g/mol. The van der Waals surface area contributed by atoms with Crippen molar-refractivity contribution in [3.8, 4) is 0 Å². The number of rotatable bonds is 1. The van der Waals surface area contributed by atoms with Crippen LogP contribution in [0.1, 0.15) is 27.7 Å². The van der Waals surface area contributed by atoms with Gasteiger partial charge in [-0.05, 0) is 65.6 Å². The van der Waals surface area contributed by atoms with E-state index in [9.17, 15) is 0 Å². The Morgan fingerprint density at radius 3 is 2.18 bits per heavy atom. The number of aromatic nitrogens is 1. The highest BCUT2D eigenvalue weighted by Crippen LogP contribution is 2.37. The lowest BCUT2D eigenvalue weighted by Gasteiger charge is -2.32. The SMILES string of the molecule is CC1(C)OB(c2cc(Br)ncc2Br)OC1(C)C. The minimum Gasteiger partial charge on any atom is -0.399 e. The van der Waals surface area contributed by atoms with E-state index in [-0.39, 0.29) is 18.3 Å². The molecule has 1 aromatic heterocycles. The van der Waals surface area contributed by atoms with Crippen molar-refractivity contribution in [1.82, 2.24) is 4.98 Å². The number of hydrogen-bond donors (Lipinski definition) is 0. The number of hydrogen-bond acceptors (Lipinski definition) is 3. The minimum absolute atomic E-state index is 0.327. The fourth-order valence-electron chi connectivity index (χ4n) is 1.58. The van der Waals surface area contributed by atoms with Gasteiger partial charge in [0.05, 0.1) is 11.2 Å². The highest BCUT2D eigenvalue weighted by molar-refractivity contribution is 9.11. The minimum atomic E-state index is -0.367. The normalized spacial score (nSPS) is 21.9. The van der Waals surface area contributed by atoms with Gasteiger partial charge in [-0.1, -0.05) is 0 Å². The van der Waals surface area contributed by atoms with E-state index in [2.05, 4.69) is 36.8 Å². The van der Waals surface area contributed by atoms with E-state index >= 15 is 0 Å². The van der Waals surface area contributed by atoms with Crippen molar-refractivity contribution in [2.24, 2.45) is 0 Å². The summed E-state index contributed by atoms with van der Waals surface area (Å²) in [5, 5.41) is 0. The molecule has 0 radical (unpaired) electrons. The van der Waals surface area contributed by atoms with Crippen LogP contribution in [0.25, 0.3) is 0 Å². The summed E-state index contributed by atoms with van der Waals surface area (Å²) in [6.07, 6.45) is 1.74. The average Bonchev–Trinajstić information content (AvgIpc) is 2.40. The van der Waals surface area contributed by atoms with Gasteiger partial charge in [0.1, 0.15) is 4.60 Å². The second kappa shape index (κ2) is 4.33. The van der Waals surface area contributed by atoms with Crippen LogP contribution in [0.15, 0.2) is 21.3 Å². The van der Waals surface area contributed by atoms with Crippen molar-refractivity contribution in [2.75, 3.05) is 0 Å². The van der Waals surface area contributed by atoms with Crippen molar-refractivity contribution in [2.45, 2.75) is 38.9 Å². The maximum atomic E-state index is 5.99. The third-order valence-corrected chi connectivity index (χ3v) is 4.46. The van der Waals surface area contributed by atoms with Crippen LogP contribution in [-0.4, -0.2) is 23.3 Å². The molecule has 1 aliphatic heterocycles. The molecule has 0 atom stereocenters. The lowest BCUT2D eigenvalue weighted by atomic mass is 9.80. The van der Waals surface area contributed by atoms with E-state index < -0.39 is 0 Å². The van der Waals surface area contributed by atoms with Crippen LogP contribution in [0.3, 0.4) is 0 Å². The van der Waals surface area contributed by atoms with Gasteiger partial charge in [0.15, 0.2) is 0 Å². The average molecular weight is 363 g/mol. The molecule has 0 aromatic carbocycles. The van der Waals surface area contributed by atoms with Gasteiger partial charge in [-0.3, -0.25) is 0 Å². The molecular formula is C11H14BBr2NO2. The van der Waals surface area contributed by atoms with Gasteiger partial charge >= 0.3 is 7.12 Å². The van der Waals surface area contributed by atoms with Crippen LogP contribution in [0, 0.1) is 0 Å². The molecule has 1 aromatic rings. The lowest BCUT2D eigenvalue weighted by Crippen LogP contribution is -2.41. The molecule has 17 heavy (non-hydrogen) atoms. The second-order valence-corrected chi connectivity index (χ2v) is 6.78. The first kappa shape index (κ1) is 13.5. The maximum absolute atomic E-state index is 5.99. The standard InChI is InChI=1S/C11H14BBr2NO2/c1-10(2)11(3,4)17-12(16-10)7-5-9(14)15-6-8(7)13/h5-6H,1-4H3. The lowest BCUT2D eigenvalue weighted by molar-refractivity contribution is 0.00578. The Morgan fingerprint density at radius 1 is 1.12 bits per heavy atom. The Labute approximate surface area is 119 Å². The number of nitrogens with zero attached hydrogens (tertiary/aromatic N) is 1. The van der Waals surface area contributed by atoms with Gasteiger partial charge in [-0.25, -0.2) is 4.98 Å². The van der Waals surface area contributed by atoms with E-state index in [0.717, 1.165) is 14.5 Å². The van der Waals surface area contributed by atoms with Gasteiger partial charge in [0.2, 0.25) is 0 Å². The first-order valence-corrected chi connectivity index (χ1v) is 6.98. The molecular weight excluding hydrogens is 349 g/mol. The molecule has 1 saturated heterocycles. The van der Waals surface area contributed by atoms with E-state index in [1.54, 1.807) is 6.20 Å². The summed E-state index contributed by atoms with van der Waals surface area (Å²) >= 11 is 6.83. The molecule has 0 bridgehead atoms. The quantitative estimate of drug-likeness (QED) is 0.568. The smallest absolute Gasteiger partial charge is 0.399 e. The van der Waals surface area contributed by atoms with Crippen LogP contribution in [0.5, 0.6) is 0 Å². The van der Waals surface area contributed by atoms with Crippen LogP contribution in [0.4, 0.5) is 0 Å². The second-order valence-electron chi connectivity index (χ2n) is 5.12. The first-order chi connectivity index (χ1) is 7.73. The Morgan fingerprint density at radius 2 is 1.65 bits per heavy atom. The van der Waals surface area contributed by atoms with Crippen LogP contribution in [0.2, 0.25) is 0 Å².